The molecule has 1 aliphatic rings. The van der Waals surface area contributed by atoms with Crippen molar-refractivity contribution in [2.75, 3.05) is 12.8 Å². The molecule has 7 nitrogen and oxygen atoms in total. The van der Waals surface area contributed by atoms with E-state index >= 15 is 0 Å². The SMILES string of the molecule is CCCC(NC(=O)c1ccc(S(C)(=O)=O)o1)C(=O)N1CCc2sccc2C1. The zero-order valence-corrected chi connectivity index (χ0v) is 16.9. The van der Waals surface area contributed by atoms with Crippen molar-refractivity contribution in [3.05, 3.63) is 39.8 Å². The smallest absolute Gasteiger partial charge is 0.287 e. The number of carbonyl (C=O) groups excluding carboxylic acids is 2. The summed E-state index contributed by atoms with van der Waals surface area (Å²) in [5, 5.41) is 4.45. The number of hydrogen-bond acceptors (Lipinski definition) is 6. The average Bonchev–Trinajstić information content (AvgIpc) is 3.28. The molecule has 3 heterocycles. The molecule has 0 aliphatic carbocycles. The molecule has 3 rings (SSSR count). The molecule has 0 spiro atoms. The van der Waals surface area contributed by atoms with Crippen LogP contribution in [0.2, 0.25) is 0 Å². The summed E-state index contributed by atoms with van der Waals surface area (Å²) in [6.45, 7) is 3.11. The van der Waals surface area contributed by atoms with E-state index in [-0.39, 0.29) is 16.8 Å². The lowest BCUT2D eigenvalue weighted by Gasteiger charge is -2.30. The Balaban J connectivity index is 1.71. The van der Waals surface area contributed by atoms with E-state index in [0.29, 0.717) is 19.5 Å². The van der Waals surface area contributed by atoms with Crippen LogP contribution in [0.15, 0.2) is 33.1 Å². The summed E-state index contributed by atoms with van der Waals surface area (Å²) in [6.07, 6.45) is 3.05. The van der Waals surface area contributed by atoms with Crippen LogP contribution in [0.3, 0.4) is 0 Å². The number of nitrogens with zero attached hydrogens (tertiary/aromatic N) is 1. The van der Waals surface area contributed by atoms with Gasteiger partial charge in [-0.25, -0.2) is 8.42 Å². The van der Waals surface area contributed by atoms with Crippen LogP contribution in [0.4, 0.5) is 0 Å². The first-order chi connectivity index (χ1) is 12.8. The van der Waals surface area contributed by atoms with Crippen molar-refractivity contribution in [3.8, 4) is 0 Å². The van der Waals surface area contributed by atoms with E-state index in [1.165, 1.54) is 17.0 Å². The van der Waals surface area contributed by atoms with Gasteiger partial charge in [-0.1, -0.05) is 13.3 Å². The number of hydrogen-bond donors (Lipinski definition) is 1. The first-order valence-electron chi connectivity index (χ1n) is 8.74. The Labute approximate surface area is 162 Å². The highest BCUT2D eigenvalue weighted by atomic mass is 32.2. The van der Waals surface area contributed by atoms with E-state index in [1.807, 2.05) is 18.4 Å². The van der Waals surface area contributed by atoms with Crippen molar-refractivity contribution in [3.63, 3.8) is 0 Å². The van der Waals surface area contributed by atoms with E-state index < -0.39 is 21.8 Å². The van der Waals surface area contributed by atoms with Gasteiger partial charge in [0.1, 0.15) is 6.04 Å². The van der Waals surface area contributed by atoms with E-state index in [0.717, 1.165) is 24.7 Å². The molecule has 1 N–H and O–H groups in total. The van der Waals surface area contributed by atoms with Crippen LogP contribution in [-0.2, 0) is 27.6 Å². The fraction of sp³-hybridized carbons (Fsp3) is 0.444. The number of thiophene rings is 1. The van der Waals surface area contributed by atoms with Gasteiger partial charge in [0.2, 0.25) is 20.8 Å². The molecule has 146 valence electrons. The predicted octanol–water partition coefficient (Wildman–Crippen LogP) is 2.23. The standard InChI is InChI=1S/C18H22N2O5S2/c1-3-4-13(18(22)20-9-7-15-12(11-20)8-10-26-15)19-17(21)14-5-6-16(25-14)27(2,23)24/h5-6,8,10,13H,3-4,7,9,11H2,1-2H3,(H,19,21). The van der Waals surface area contributed by atoms with Crippen LogP contribution < -0.4 is 5.32 Å². The third kappa shape index (κ3) is 4.41. The van der Waals surface area contributed by atoms with Crippen molar-refractivity contribution in [1.29, 1.82) is 0 Å². The van der Waals surface area contributed by atoms with Gasteiger partial charge in [0.15, 0.2) is 5.76 Å². The second-order valence-corrected chi connectivity index (χ2v) is 9.53. The van der Waals surface area contributed by atoms with E-state index in [1.54, 1.807) is 16.2 Å². The molecule has 2 amide bonds. The van der Waals surface area contributed by atoms with Crippen molar-refractivity contribution in [2.24, 2.45) is 0 Å². The first-order valence-corrected chi connectivity index (χ1v) is 11.5. The van der Waals surface area contributed by atoms with Crippen LogP contribution in [-0.4, -0.2) is 44.0 Å². The maximum absolute atomic E-state index is 12.9. The molecule has 27 heavy (non-hydrogen) atoms. The molecule has 0 saturated heterocycles. The Morgan fingerprint density at radius 1 is 1.33 bits per heavy atom. The van der Waals surface area contributed by atoms with Crippen LogP contribution in [0.1, 0.15) is 40.8 Å². The quantitative estimate of drug-likeness (QED) is 0.788. The molecule has 1 aliphatic heterocycles. The maximum atomic E-state index is 12.9. The van der Waals surface area contributed by atoms with Gasteiger partial charge in [-0.15, -0.1) is 11.3 Å². The van der Waals surface area contributed by atoms with Gasteiger partial charge in [-0.3, -0.25) is 9.59 Å². The maximum Gasteiger partial charge on any atom is 0.287 e. The van der Waals surface area contributed by atoms with Gasteiger partial charge in [0, 0.05) is 24.2 Å². The van der Waals surface area contributed by atoms with Crippen molar-refractivity contribution in [1.82, 2.24) is 10.2 Å². The number of sulfone groups is 1. The molecule has 0 aromatic carbocycles. The van der Waals surface area contributed by atoms with Crippen LogP contribution in [0, 0.1) is 0 Å². The molecule has 1 atom stereocenters. The minimum atomic E-state index is -3.53. The Morgan fingerprint density at radius 3 is 2.78 bits per heavy atom. The number of fused-ring (bicyclic) bond motifs is 1. The molecule has 2 aromatic heterocycles. The summed E-state index contributed by atoms with van der Waals surface area (Å²) in [6, 6.07) is 3.90. The van der Waals surface area contributed by atoms with E-state index in [2.05, 4.69) is 5.32 Å². The number of amides is 2. The monoisotopic (exact) mass is 410 g/mol. The van der Waals surface area contributed by atoms with Gasteiger partial charge in [-0.2, -0.15) is 0 Å². The third-order valence-corrected chi connectivity index (χ3v) is 6.44. The molecule has 9 heteroatoms. The fourth-order valence-electron chi connectivity index (χ4n) is 3.07. The van der Waals surface area contributed by atoms with Gasteiger partial charge >= 0.3 is 0 Å². The fourth-order valence-corrected chi connectivity index (χ4v) is 4.52. The highest BCUT2D eigenvalue weighted by molar-refractivity contribution is 7.90. The lowest BCUT2D eigenvalue weighted by molar-refractivity contribution is -0.134. The normalized spacial score (nSPS) is 15.3. The number of nitrogens with one attached hydrogen (secondary N) is 1. The molecule has 0 radical (unpaired) electrons. The van der Waals surface area contributed by atoms with E-state index in [4.69, 9.17) is 4.42 Å². The Kier molecular flexibility index (Phi) is 5.71. The highest BCUT2D eigenvalue weighted by Gasteiger charge is 2.29. The second kappa shape index (κ2) is 7.85. The minimum Gasteiger partial charge on any atom is -0.440 e. The molecule has 1 unspecified atom stereocenters. The molecular weight excluding hydrogens is 388 g/mol. The molecule has 0 fully saturated rings. The highest BCUT2D eigenvalue weighted by Crippen LogP contribution is 2.24. The minimum absolute atomic E-state index is 0.122. The van der Waals surface area contributed by atoms with Crippen molar-refractivity contribution in [2.45, 2.75) is 43.9 Å². The van der Waals surface area contributed by atoms with Crippen LogP contribution in [0.25, 0.3) is 0 Å². The Morgan fingerprint density at radius 2 is 2.11 bits per heavy atom. The average molecular weight is 411 g/mol. The summed E-state index contributed by atoms with van der Waals surface area (Å²) >= 11 is 1.70. The lowest BCUT2D eigenvalue weighted by Crippen LogP contribution is -2.49. The molecule has 0 saturated carbocycles. The van der Waals surface area contributed by atoms with E-state index in [9.17, 15) is 18.0 Å². The second-order valence-electron chi connectivity index (χ2n) is 6.58. The van der Waals surface area contributed by atoms with Gasteiger partial charge in [-0.05, 0) is 42.0 Å². The molecule has 0 bridgehead atoms. The van der Waals surface area contributed by atoms with Crippen LogP contribution >= 0.6 is 11.3 Å². The van der Waals surface area contributed by atoms with Crippen molar-refractivity contribution < 1.29 is 22.4 Å². The van der Waals surface area contributed by atoms with Crippen molar-refractivity contribution >= 4 is 33.0 Å². The number of carbonyl (C=O) groups is 2. The number of rotatable bonds is 6. The zero-order chi connectivity index (χ0) is 19.6. The lowest BCUT2D eigenvalue weighted by atomic mass is 10.1. The topological polar surface area (TPSA) is 96.7 Å². The first kappa shape index (κ1) is 19.6. The summed E-state index contributed by atoms with van der Waals surface area (Å²) < 4.78 is 28.1. The Hall–Kier alpha value is -2.13. The summed E-state index contributed by atoms with van der Waals surface area (Å²) in [5.41, 5.74) is 1.16. The summed E-state index contributed by atoms with van der Waals surface area (Å²) in [7, 11) is -3.53. The molecule has 2 aromatic rings. The largest absolute Gasteiger partial charge is 0.440 e. The van der Waals surface area contributed by atoms with Gasteiger partial charge < -0.3 is 14.6 Å². The summed E-state index contributed by atoms with van der Waals surface area (Å²) in [4.78, 5) is 28.5. The number of furan rings is 1. The van der Waals surface area contributed by atoms with Gasteiger partial charge in [0.25, 0.3) is 5.91 Å². The van der Waals surface area contributed by atoms with Crippen LogP contribution in [0.5, 0.6) is 0 Å². The summed E-state index contributed by atoms with van der Waals surface area (Å²) in [5.74, 6) is -0.843. The zero-order valence-electron chi connectivity index (χ0n) is 15.2. The van der Waals surface area contributed by atoms with Gasteiger partial charge in [0.05, 0.1) is 0 Å². The predicted molar refractivity (Wildman–Crippen MR) is 101 cm³/mol. The Bertz CT molecular complexity index is 945. The molecular formula is C18H22N2O5S2. The third-order valence-electron chi connectivity index (χ3n) is 4.47.